The Hall–Kier alpha value is -2.24. The van der Waals surface area contributed by atoms with Gasteiger partial charge in [-0.25, -0.2) is 0 Å². The number of primary amides is 1. The van der Waals surface area contributed by atoms with Crippen LogP contribution in [-0.2, 0) is 4.79 Å². The molecule has 6 nitrogen and oxygen atoms in total. The third kappa shape index (κ3) is 3.63. The van der Waals surface area contributed by atoms with Gasteiger partial charge in [0.2, 0.25) is 0 Å². The van der Waals surface area contributed by atoms with Crippen molar-refractivity contribution in [2.45, 2.75) is 31.7 Å². The van der Waals surface area contributed by atoms with Gasteiger partial charge < -0.3 is 21.5 Å². The van der Waals surface area contributed by atoms with E-state index in [9.17, 15) is 9.59 Å². The lowest BCUT2D eigenvalue weighted by molar-refractivity contribution is -0.119. The Balaban J connectivity index is 2.00. The second-order valence-electron chi connectivity index (χ2n) is 4.96. The minimum Gasteiger partial charge on any atom is -0.482 e. The van der Waals surface area contributed by atoms with Gasteiger partial charge in [0.05, 0.1) is 5.69 Å². The van der Waals surface area contributed by atoms with Crippen molar-refractivity contribution in [2.24, 2.45) is 5.73 Å². The van der Waals surface area contributed by atoms with E-state index in [0.717, 1.165) is 25.7 Å². The zero-order chi connectivity index (χ0) is 14.5. The van der Waals surface area contributed by atoms with Gasteiger partial charge in [0.25, 0.3) is 11.8 Å². The van der Waals surface area contributed by atoms with Gasteiger partial charge in [0.1, 0.15) is 5.75 Å². The number of ether oxygens (including phenoxy) is 1. The van der Waals surface area contributed by atoms with Gasteiger partial charge in [-0.15, -0.1) is 0 Å². The number of nitrogens with one attached hydrogen (secondary N) is 1. The van der Waals surface area contributed by atoms with Crippen molar-refractivity contribution in [2.75, 3.05) is 12.3 Å². The summed E-state index contributed by atoms with van der Waals surface area (Å²) in [4.78, 5) is 22.7. The number of hydrogen-bond acceptors (Lipinski definition) is 4. The van der Waals surface area contributed by atoms with Gasteiger partial charge in [-0.2, -0.15) is 0 Å². The van der Waals surface area contributed by atoms with E-state index in [0.29, 0.717) is 17.0 Å². The first-order valence-corrected chi connectivity index (χ1v) is 6.68. The summed E-state index contributed by atoms with van der Waals surface area (Å²) in [6.07, 6.45) is 4.38. The lowest BCUT2D eigenvalue weighted by Crippen LogP contribution is -2.32. The maximum absolute atomic E-state index is 12.0. The molecule has 1 aromatic carbocycles. The summed E-state index contributed by atoms with van der Waals surface area (Å²) in [5.41, 5.74) is 11.6. The van der Waals surface area contributed by atoms with Crippen molar-refractivity contribution < 1.29 is 14.3 Å². The molecule has 0 radical (unpaired) electrons. The fraction of sp³-hybridized carbons (Fsp3) is 0.429. The van der Waals surface area contributed by atoms with Crippen LogP contribution in [0.4, 0.5) is 5.69 Å². The zero-order valence-electron chi connectivity index (χ0n) is 11.2. The van der Waals surface area contributed by atoms with E-state index in [2.05, 4.69) is 5.32 Å². The molecule has 5 N–H and O–H groups in total. The maximum Gasteiger partial charge on any atom is 0.255 e. The molecule has 0 heterocycles. The van der Waals surface area contributed by atoms with E-state index in [1.54, 1.807) is 18.2 Å². The van der Waals surface area contributed by atoms with Crippen LogP contribution >= 0.6 is 0 Å². The quantitative estimate of drug-likeness (QED) is 0.692. The molecule has 0 atom stereocenters. The third-order valence-corrected chi connectivity index (χ3v) is 3.33. The zero-order valence-corrected chi connectivity index (χ0v) is 11.2. The van der Waals surface area contributed by atoms with E-state index < -0.39 is 5.91 Å². The van der Waals surface area contributed by atoms with Crippen LogP contribution in [0.15, 0.2) is 18.2 Å². The Kier molecular flexibility index (Phi) is 4.45. The van der Waals surface area contributed by atoms with E-state index in [1.807, 2.05) is 0 Å². The number of rotatable bonds is 5. The first-order valence-electron chi connectivity index (χ1n) is 6.68. The molecular formula is C14H19N3O3. The number of benzene rings is 1. The van der Waals surface area contributed by atoms with Crippen molar-refractivity contribution in [3.8, 4) is 5.75 Å². The Labute approximate surface area is 117 Å². The van der Waals surface area contributed by atoms with Crippen LogP contribution in [0.1, 0.15) is 36.0 Å². The molecule has 0 aromatic heterocycles. The fourth-order valence-electron chi connectivity index (χ4n) is 2.31. The second kappa shape index (κ2) is 6.27. The normalized spacial score (nSPS) is 15.0. The molecule has 1 aliphatic carbocycles. The van der Waals surface area contributed by atoms with Crippen LogP contribution in [0.2, 0.25) is 0 Å². The molecule has 1 aromatic rings. The highest BCUT2D eigenvalue weighted by molar-refractivity contribution is 5.95. The fourth-order valence-corrected chi connectivity index (χ4v) is 2.31. The topological polar surface area (TPSA) is 107 Å². The van der Waals surface area contributed by atoms with E-state index in [-0.39, 0.29) is 18.6 Å². The molecule has 0 spiro atoms. The molecule has 2 amide bonds. The van der Waals surface area contributed by atoms with E-state index in [4.69, 9.17) is 16.2 Å². The Morgan fingerprint density at radius 1 is 1.30 bits per heavy atom. The highest BCUT2D eigenvalue weighted by Crippen LogP contribution is 2.23. The summed E-state index contributed by atoms with van der Waals surface area (Å²) >= 11 is 0. The molecule has 0 unspecified atom stereocenters. The summed E-state index contributed by atoms with van der Waals surface area (Å²) in [7, 11) is 0. The average molecular weight is 277 g/mol. The minimum absolute atomic E-state index is 0.134. The van der Waals surface area contributed by atoms with Crippen LogP contribution in [0.3, 0.4) is 0 Å². The smallest absolute Gasteiger partial charge is 0.255 e. The summed E-state index contributed by atoms with van der Waals surface area (Å²) in [5, 5.41) is 2.98. The summed E-state index contributed by atoms with van der Waals surface area (Å²) in [5.74, 6) is -0.362. The predicted molar refractivity (Wildman–Crippen MR) is 75.3 cm³/mol. The molecule has 1 fully saturated rings. The van der Waals surface area contributed by atoms with Gasteiger partial charge in [0.15, 0.2) is 6.61 Å². The van der Waals surface area contributed by atoms with Crippen LogP contribution in [0.5, 0.6) is 5.75 Å². The Bertz CT molecular complexity index is 510. The standard InChI is InChI=1S/C14H19N3O3/c15-11-7-9(5-6-12(11)20-8-13(16)18)14(19)17-10-3-1-2-4-10/h5-7,10H,1-4,8,15H2,(H2,16,18)(H,17,19). The van der Waals surface area contributed by atoms with Crippen molar-refractivity contribution >= 4 is 17.5 Å². The summed E-state index contributed by atoms with van der Waals surface area (Å²) < 4.78 is 5.14. The number of nitrogens with two attached hydrogens (primary N) is 2. The van der Waals surface area contributed by atoms with Crippen molar-refractivity contribution in [1.29, 1.82) is 0 Å². The number of amides is 2. The molecule has 2 rings (SSSR count). The second-order valence-corrected chi connectivity index (χ2v) is 4.96. The number of hydrogen-bond donors (Lipinski definition) is 3. The van der Waals surface area contributed by atoms with Crippen LogP contribution < -0.4 is 21.5 Å². The van der Waals surface area contributed by atoms with Crippen molar-refractivity contribution in [3.05, 3.63) is 23.8 Å². The molecule has 20 heavy (non-hydrogen) atoms. The van der Waals surface area contributed by atoms with Gasteiger partial charge in [-0.3, -0.25) is 9.59 Å². The lowest BCUT2D eigenvalue weighted by atomic mass is 10.1. The summed E-state index contributed by atoms with van der Waals surface area (Å²) in [6, 6.07) is 4.99. The highest BCUT2D eigenvalue weighted by atomic mass is 16.5. The Morgan fingerprint density at radius 2 is 2.00 bits per heavy atom. The first-order chi connectivity index (χ1) is 9.56. The number of carbonyl (C=O) groups excluding carboxylic acids is 2. The van der Waals surface area contributed by atoms with Gasteiger partial charge in [-0.1, -0.05) is 12.8 Å². The molecule has 6 heteroatoms. The SMILES string of the molecule is NC(=O)COc1ccc(C(=O)NC2CCCC2)cc1N. The minimum atomic E-state index is -0.576. The highest BCUT2D eigenvalue weighted by Gasteiger charge is 2.18. The van der Waals surface area contributed by atoms with Crippen molar-refractivity contribution in [3.63, 3.8) is 0 Å². The first kappa shape index (κ1) is 14.2. The van der Waals surface area contributed by atoms with Crippen LogP contribution in [0, 0.1) is 0 Å². The summed E-state index contributed by atoms with van der Waals surface area (Å²) in [6.45, 7) is -0.238. The maximum atomic E-state index is 12.0. The molecule has 108 valence electrons. The largest absolute Gasteiger partial charge is 0.482 e. The third-order valence-electron chi connectivity index (χ3n) is 3.33. The molecule has 1 saturated carbocycles. The average Bonchev–Trinajstić information content (AvgIpc) is 2.89. The molecular weight excluding hydrogens is 258 g/mol. The Morgan fingerprint density at radius 3 is 2.60 bits per heavy atom. The van der Waals surface area contributed by atoms with E-state index in [1.165, 1.54) is 0 Å². The predicted octanol–water partition coefficient (Wildman–Crippen LogP) is 0.805. The number of nitrogen functional groups attached to an aromatic ring is 1. The molecule has 0 bridgehead atoms. The molecule has 1 aliphatic rings. The molecule has 0 aliphatic heterocycles. The van der Waals surface area contributed by atoms with Gasteiger partial charge in [0, 0.05) is 11.6 Å². The van der Waals surface area contributed by atoms with E-state index >= 15 is 0 Å². The lowest BCUT2D eigenvalue weighted by Gasteiger charge is -2.13. The van der Waals surface area contributed by atoms with Crippen molar-refractivity contribution in [1.82, 2.24) is 5.32 Å². The number of anilines is 1. The van der Waals surface area contributed by atoms with Gasteiger partial charge >= 0.3 is 0 Å². The van der Waals surface area contributed by atoms with Crippen LogP contribution in [-0.4, -0.2) is 24.5 Å². The number of carbonyl (C=O) groups is 2. The van der Waals surface area contributed by atoms with Gasteiger partial charge in [-0.05, 0) is 31.0 Å². The van der Waals surface area contributed by atoms with Crippen LogP contribution in [0.25, 0.3) is 0 Å². The monoisotopic (exact) mass is 277 g/mol. The molecule has 0 saturated heterocycles.